The van der Waals surface area contributed by atoms with Crippen LogP contribution in [0.2, 0.25) is 0 Å². The average molecular weight is 617 g/mol. The molecule has 256 valence electrons. The number of carboxylic acid groups (broad SMARTS) is 2. The molecule has 4 nitrogen and oxygen atoms in total. The van der Waals surface area contributed by atoms with Crippen molar-refractivity contribution >= 4 is 11.9 Å². The highest BCUT2D eigenvalue weighted by Gasteiger charge is 1.97. The third kappa shape index (κ3) is 46.8. The Morgan fingerprint density at radius 1 is 0.364 bits per heavy atom. The summed E-state index contributed by atoms with van der Waals surface area (Å²) >= 11 is 0. The number of hydrogen-bond donors (Lipinski definition) is 2. The lowest BCUT2D eigenvalue weighted by Crippen LogP contribution is -1.93. The molecule has 0 saturated heterocycles. The Morgan fingerprint density at radius 3 is 1.00 bits per heavy atom. The molecule has 0 aromatic heterocycles. The first-order chi connectivity index (χ1) is 21.5. The summed E-state index contributed by atoms with van der Waals surface area (Å²) in [4.78, 5) is 20.7. The number of carbonyl (C=O) groups is 2. The van der Waals surface area contributed by atoms with E-state index < -0.39 is 11.9 Å². The molecule has 0 rings (SSSR count). The van der Waals surface area contributed by atoms with Crippen molar-refractivity contribution in [1.29, 1.82) is 0 Å². The van der Waals surface area contributed by atoms with E-state index in [4.69, 9.17) is 10.2 Å². The van der Waals surface area contributed by atoms with Gasteiger partial charge in [0.1, 0.15) is 0 Å². The van der Waals surface area contributed by atoms with E-state index in [0.717, 1.165) is 44.9 Å². The Bertz CT molecular complexity index is 704. The second-order valence-corrected chi connectivity index (χ2v) is 12.2. The maximum Gasteiger partial charge on any atom is 0.303 e. The van der Waals surface area contributed by atoms with Crippen LogP contribution in [0.25, 0.3) is 0 Å². The summed E-state index contributed by atoms with van der Waals surface area (Å²) < 4.78 is 0. The summed E-state index contributed by atoms with van der Waals surface area (Å²) in [5, 5.41) is 17.0. The van der Waals surface area contributed by atoms with Gasteiger partial charge in [-0.25, -0.2) is 0 Å². The van der Waals surface area contributed by atoms with Crippen LogP contribution in [-0.2, 0) is 9.59 Å². The number of hydrogen-bond acceptors (Lipinski definition) is 2. The monoisotopic (exact) mass is 617 g/mol. The third-order valence-electron chi connectivity index (χ3n) is 7.71. The van der Waals surface area contributed by atoms with Crippen LogP contribution in [-0.4, -0.2) is 22.2 Å². The van der Waals surface area contributed by atoms with E-state index in [2.05, 4.69) is 62.5 Å². The second-order valence-electron chi connectivity index (χ2n) is 12.2. The minimum atomic E-state index is -0.712. The quantitative estimate of drug-likeness (QED) is 0.0582. The van der Waals surface area contributed by atoms with Crippen LogP contribution in [0.3, 0.4) is 0 Å². The Balaban J connectivity index is 0. The number of unbranched alkanes of at least 4 members (excludes halogenated alkanes) is 20. The highest BCUT2D eigenvalue weighted by molar-refractivity contribution is 5.66. The van der Waals surface area contributed by atoms with E-state index in [0.29, 0.717) is 6.42 Å². The normalized spacial score (nSPS) is 11.7. The van der Waals surface area contributed by atoms with Gasteiger partial charge in [-0.2, -0.15) is 0 Å². The summed E-state index contributed by atoms with van der Waals surface area (Å²) in [7, 11) is 0. The van der Waals surface area contributed by atoms with Gasteiger partial charge in [-0.15, -0.1) is 0 Å². The van der Waals surface area contributed by atoms with E-state index in [9.17, 15) is 9.59 Å². The summed E-state index contributed by atoms with van der Waals surface area (Å²) in [5.41, 5.74) is 0. The zero-order chi connectivity index (χ0) is 32.6. The molecule has 0 aromatic rings. The lowest BCUT2D eigenvalue weighted by Gasteiger charge is -2.03. The van der Waals surface area contributed by atoms with Crippen molar-refractivity contribution in [2.45, 2.75) is 194 Å². The van der Waals surface area contributed by atoms with E-state index in [1.165, 1.54) is 122 Å². The Labute approximate surface area is 273 Å². The molecule has 0 radical (unpaired) electrons. The van der Waals surface area contributed by atoms with Gasteiger partial charge in [-0.3, -0.25) is 9.59 Å². The van der Waals surface area contributed by atoms with Crippen LogP contribution in [0.5, 0.6) is 0 Å². The van der Waals surface area contributed by atoms with Crippen LogP contribution in [0, 0.1) is 0 Å². The molecular formula is C40H72O4. The molecule has 0 aliphatic heterocycles. The lowest BCUT2D eigenvalue weighted by atomic mass is 10.0. The molecule has 0 bridgehead atoms. The van der Waals surface area contributed by atoms with Crippen LogP contribution in [0.4, 0.5) is 0 Å². The topological polar surface area (TPSA) is 74.6 Å². The summed E-state index contributed by atoms with van der Waals surface area (Å²) in [6.07, 6.45) is 50.5. The first kappa shape index (κ1) is 44.0. The number of rotatable bonds is 32. The fourth-order valence-corrected chi connectivity index (χ4v) is 4.93. The molecule has 0 atom stereocenters. The lowest BCUT2D eigenvalue weighted by molar-refractivity contribution is -0.138. The SMILES string of the molecule is CCCCCC=CCC=CCC=CCC=CCCCC(=O)O.CCCCCCCCCCCCCCCCCCCC(=O)O. The van der Waals surface area contributed by atoms with Crippen LogP contribution in [0.1, 0.15) is 194 Å². The highest BCUT2D eigenvalue weighted by Crippen LogP contribution is 2.14. The summed E-state index contributed by atoms with van der Waals surface area (Å²) in [5.74, 6) is -1.36. The number of aliphatic carboxylic acids is 2. The zero-order valence-corrected chi connectivity index (χ0v) is 29.1. The molecule has 0 spiro atoms. The Hall–Kier alpha value is -2.10. The van der Waals surface area contributed by atoms with Crippen LogP contribution in [0.15, 0.2) is 48.6 Å². The fraction of sp³-hybridized carbons (Fsp3) is 0.750. The molecule has 2 N–H and O–H groups in total. The van der Waals surface area contributed by atoms with Crippen molar-refractivity contribution in [3.05, 3.63) is 48.6 Å². The van der Waals surface area contributed by atoms with Gasteiger partial charge in [0.05, 0.1) is 0 Å². The molecular weight excluding hydrogens is 544 g/mol. The van der Waals surface area contributed by atoms with E-state index in [-0.39, 0.29) is 6.42 Å². The molecule has 0 aliphatic carbocycles. The van der Waals surface area contributed by atoms with Gasteiger partial charge in [-0.05, 0) is 51.4 Å². The zero-order valence-electron chi connectivity index (χ0n) is 29.1. The number of carboxylic acids is 2. The van der Waals surface area contributed by atoms with Crippen molar-refractivity contribution in [2.75, 3.05) is 0 Å². The van der Waals surface area contributed by atoms with Crippen molar-refractivity contribution in [1.82, 2.24) is 0 Å². The molecule has 4 heteroatoms. The largest absolute Gasteiger partial charge is 0.481 e. The first-order valence-corrected chi connectivity index (χ1v) is 18.6. The molecule has 0 heterocycles. The Kier molecular flexibility index (Phi) is 40.9. The van der Waals surface area contributed by atoms with E-state index >= 15 is 0 Å². The van der Waals surface area contributed by atoms with Crippen LogP contribution < -0.4 is 0 Å². The molecule has 0 amide bonds. The molecule has 0 aromatic carbocycles. The standard InChI is InChI=1S/C20H40O2.C20H32O2/c2*1-2-3-4-5-6-7-8-9-10-11-12-13-14-15-16-17-18-19-20(21)22/h2-19H2,1H3,(H,21,22);6-7,9-10,12-13,15-16H,2-5,8,11,14,17-19H2,1H3,(H,21,22). The van der Waals surface area contributed by atoms with Gasteiger partial charge >= 0.3 is 11.9 Å². The molecule has 0 saturated carbocycles. The maximum absolute atomic E-state index is 10.4. The van der Waals surface area contributed by atoms with Gasteiger partial charge in [0.2, 0.25) is 0 Å². The van der Waals surface area contributed by atoms with Crippen LogP contribution >= 0.6 is 0 Å². The maximum atomic E-state index is 10.4. The van der Waals surface area contributed by atoms with Gasteiger partial charge in [-0.1, -0.05) is 178 Å². The highest BCUT2D eigenvalue weighted by atomic mass is 16.4. The van der Waals surface area contributed by atoms with Gasteiger partial charge in [0.25, 0.3) is 0 Å². The predicted octanol–water partition coefficient (Wildman–Crippen LogP) is 13.3. The smallest absolute Gasteiger partial charge is 0.303 e. The molecule has 0 aliphatic rings. The minimum absolute atomic E-state index is 0.262. The van der Waals surface area contributed by atoms with Gasteiger partial charge in [0, 0.05) is 12.8 Å². The van der Waals surface area contributed by atoms with E-state index in [1.807, 2.05) is 0 Å². The van der Waals surface area contributed by atoms with Crippen molar-refractivity contribution in [3.8, 4) is 0 Å². The Morgan fingerprint density at radius 2 is 0.636 bits per heavy atom. The minimum Gasteiger partial charge on any atom is -0.481 e. The number of allylic oxidation sites excluding steroid dienone is 8. The fourth-order valence-electron chi connectivity index (χ4n) is 4.93. The molecule has 44 heavy (non-hydrogen) atoms. The van der Waals surface area contributed by atoms with Crippen molar-refractivity contribution in [2.24, 2.45) is 0 Å². The van der Waals surface area contributed by atoms with E-state index in [1.54, 1.807) is 0 Å². The summed E-state index contributed by atoms with van der Waals surface area (Å²) in [6, 6.07) is 0. The van der Waals surface area contributed by atoms with Crippen molar-refractivity contribution < 1.29 is 19.8 Å². The predicted molar refractivity (Wildman–Crippen MR) is 192 cm³/mol. The van der Waals surface area contributed by atoms with Crippen molar-refractivity contribution in [3.63, 3.8) is 0 Å². The second kappa shape index (κ2) is 40.9. The van der Waals surface area contributed by atoms with Gasteiger partial charge < -0.3 is 10.2 Å². The third-order valence-corrected chi connectivity index (χ3v) is 7.71. The first-order valence-electron chi connectivity index (χ1n) is 18.6. The van der Waals surface area contributed by atoms with Gasteiger partial charge in [0.15, 0.2) is 0 Å². The summed E-state index contributed by atoms with van der Waals surface area (Å²) in [6.45, 7) is 4.51. The average Bonchev–Trinajstić information content (AvgIpc) is 3.00. The molecule has 0 fully saturated rings. The molecule has 0 unspecified atom stereocenters.